The molecule has 0 N–H and O–H groups in total. The van der Waals surface area contributed by atoms with Crippen LogP contribution in [0, 0.1) is 6.92 Å². The molecule has 0 aliphatic rings. The number of hydrogen-bond acceptors (Lipinski definition) is 2. The van der Waals surface area contributed by atoms with Crippen LogP contribution in [-0.2, 0) is 5.88 Å². The molecule has 0 fully saturated rings. The fraction of sp³-hybridized carbons (Fsp3) is 0.625. The van der Waals surface area contributed by atoms with Gasteiger partial charge in [-0.2, -0.15) is 0 Å². The van der Waals surface area contributed by atoms with Crippen molar-refractivity contribution in [2.24, 2.45) is 0 Å². The van der Waals surface area contributed by atoms with Gasteiger partial charge < -0.3 is 4.57 Å². The lowest BCUT2D eigenvalue weighted by Gasteiger charge is -2.16. The predicted octanol–water partition coefficient (Wildman–Crippen LogP) is 5.01. The molecule has 3 nitrogen and oxygen atoms in total. The average Bonchev–Trinajstić information content (AvgIpc) is 2.81. The molecule has 0 amide bonds. The van der Waals surface area contributed by atoms with Gasteiger partial charge in [0.05, 0.1) is 5.88 Å². The number of hydrogen-bond donors (Lipinski definition) is 0. The van der Waals surface area contributed by atoms with Crippen molar-refractivity contribution in [2.75, 3.05) is 0 Å². The van der Waals surface area contributed by atoms with Crippen LogP contribution >= 0.6 is 11.6 Å². The number of imidazole rings is 1. The van der Waals surface area contributed by atoms with Gasteiger partial charge in [0, 0.05) is 11.7 Å². The number of rotatable bonds is 7. The molecule has 0 spiro atoms. The second-order valence-electron chi connectivity index (χ2n) is 5.53. The van der Waals surface area contributed by atoms with Crippen LogP contribution in [0.2, 0.25) is 0 Å². The maximum absolute atomic E-state index is 6.06. The summed E-state index contributed by atoms with van der Waals surface area (Å²) >= 11 is 6.06. The number of fused-ring (bicyclic) bond motifs is 1. The van der Waals surface area contributed by atoms with Gasteiger partial charge >= 0.3 is 0 Å². The summed E-state index contributed by atoms with van der Waals surface area (Å²) in [7, 11) is 0. The summed E-state index contributed by atoms with van der Waals surface area (Å²) in [6, 6.07) is 4.44. The normalized spacial score (nSPS) is 13.0. The van der Waals surface area contributed by atoms with E-state index in [2.05, 4.69) is 28.4 Å². The SMILES string of the molecule is CCCCCCC(C)n1c(CCl)nc2ccc(C)nc21. The van der Waals surface area contributed by atoms with E-state index in [1.807, 2.05) is 19.1 Å². The van der Waals surface area contributed by atoms with E-state index in [4.69, 9.17) is 11.6 Å². The molecule has 0 saturated heterocycles. The van der Waals surface area contributed by atoms with Crippen molar-refractivity contribution in [1.82, 2.24) is 14.5 Å². The summed E-state index contributed by atoms with van der Waals surface area (Å²) in [5, 5.41) is 0. The second kappa shape index (κ2) is 7.07. The fourth-order valence-electron chi connectivity index (χ4n) is 2.67. The van der Waals surface area contributed by atoms with Gasteiger partial charge in [-0.05, 0) is 32.4 Å². The van der Waals surface area contributed by atoms with Crippen LogP contribution in [0.3, 0.4) is 0 Å². The third-order valence-electron chi connectivity index (χ3n) is 3.79. The summed E-state index contributed by atoms with van der Waals surface area (Å²) < 4.78 is 2.22. The summed E-state index contributed by atoms with van der Waals surface area (Å²) in [5.41, 5.74) is 2.95. The number of unbranched alkanes of at least 4 members (excludes halogenated alkanes) is 3. The lowest BCUT2D eigenvalue weighted by molar-refractivity contribution is 0.470. The number of pyridine rings is 1. The van der Waals surface area contributed by atoms with Crippen LogP contribution < -0.4 is 0 Å². The highest BCUT2D eigenvalue weighted by molar-refractivity contribution is 6.16. The topological polar surface area (TPSA) is 30.7 Å². The minimum atomic E-state index is 0.403. The molecule has 2 heterocycles. The van der Waals surface area contributed by atoms with E-state index in [9.17, 15) is 0 Å². The Labute approximate surface area is 126 Å². The smallest absolute Gasteiger partial charge is 0.160 e. The maximum atomic E-state index is 6.06. The quantitative estimate of drug-likeness (QED) is 0.531. The zero-order chi connectivity index (χ0) is 14.5. The molecule has 0 radical (unpaired) electrons. The molecule has 0 aromatic carbocycles. The van der Waals surface area contributed by atoms with Gasteiger partial charge in [-0.3, -0.25) is 0 Å². The van der Waals surface area contributed by atoms with Crippen molar-refractivity contribution < 1.29 is 0 Å². The van der Waals surface area contributed by atoms with Gasteiger partial charge in [0.15, 0.2) is 5.65 Å². The van der Waals surface area contributed by atoms with Crippen LogP contribution in [0.4, 0.5) is 0 Å². The van der Waals surface area contributed by atoms with Crippen LogP contribution in [0.25, 0.3) is 11.2 Å². The van der Waals surface area contributed by atoms with E-state index in [1.165, 1.54) is 25.7 Å². The third-order valence-corrected chi connectivity index (χ3v) is 4.02. The van der Waals surface area contributed by atoms with E-state index in [-0.39, 0.29) is 0 Å². The molecule has 4 heteroatoms. The Balaban J connectivity index is 2.24. The summed E-state index contributed by atoms with van der Waals surface area (Å²) in [6.07, 6.45) is 6.30. The van der Waals surface area contributed by atoms with Crippen molar-refractivity contribution >= 4 is 22.8 Å². The van der Waals surface area contributed by atoms with Gasteiger partial charge in [0.2, 0.25) is 0 Å². The lowest BCUT2D eigenvalue weighted by atomic mass is 10.1. The molecule has 0 saturated carbocycles. The fourth-order valence-corrected chi connectivity index (χ4v) is 2.86. The molecule has 20 heavy (non-hydrogen) atoms. The zero-order valence-corrected chi connectivity index (χ0v) is 13.5. The molecule has 0 aliphatic carbocycles. The van der Waals surface area contributed by atoms with E-state index < -0.39 is 0 Å². The number of alkyl halides is 1. The van der Waals surface area contributed by atoms with Crippen molar-refractivity contribution in [3.63, 3.8) is 0 Å². The van der Waals surface area contributed by atoms with Crippen LogP contribution in [0.15, 0.2) is 12.1 Å². The number of aryl methyl sites for hydroxylation is 1. The first-order valence-corrected chi connectivity index (χ1v) is 8.11. The first-order chi connectivity index (χ1) is 9.67. The molecule has 0 bridgehead atoms. The predicted molar refractivity (Wildman–Crippen MR) is 85.3 cm³/mol. The standard InChI is InChI=1S/C16H24ClN3/c1-4-5-6-7-8-13(3)20-15(11-17)19-14-10-9-12(2)18-16(14)20/h9-10,13H,4-8,11H2,1-3H3. The van der Waals surface area contributed by atoms with Crippen molar-refractivity contribution in [3.05, 3.63) is 23.7 Å². The highest BCUT2D eigenvalue weighted by Gasteiger charge is 2.16. The van der Waals surface area contributed by atoms with E-state index in [1.54, 1.807) is 0 Å². The van der Waals surface area contributed by atoms with E-state index in [0.717, 1.165) is 29.1 Å². The van der Waals surface area contributed by atoms with Gasteiger partial charge in [-0.15, -0.1) is 11.6 Å². The van der Waals surface area contributed by atoms with E-state index >= 15 is 0 Å². The number of aromatic nitrogens is 3. The number of nitrogens with zero attached hydrogens (tertiary/aromatic N) is 3. The molecular formula is C16H24ClN3. The summed E-state index contributed by atoms with van der Waals surface area (Å²) in [4.78, 5) is 9.26. The first-order valence-electron chi connectivity index (χ1n) is 7.57. The molecule has 1 unspecified atom stereocenters. The number of halogens is 1. The molecule has 0 aliphatic heterocycles. The minimum absolute atomic E-state index is 0.403. The third kappa shape index (κ3) is 3.32. The maximum Gasteiger partial charge on any atom is 0.160 e. The highest BCUT2D eigenvalue weighted by Crippen LogP contribution is 2.24. The van der Waals surface area contributed by atoms with Gasteiger partial charge in [0.25, 0.3) is 0 Å². The highest BCUT2D eigenvalue weighted by atomic mass is 35.5. The average molecular weight is 294 g/mol. The second-order valence-corrected chi connectivity index (χ2v) is 5.79. The van der Waals surface area contributed by atoms with Crippen LogP contribution in [-0.4, -0.2) is 14.5 Å². The Bertz CT molecular complexity index is 562. The van der Waals surface area contributed by atoms with Crippen molar-refractivity contribution in [2.45, 2.75) is 64.8 Å². The minimum Gasteiger partial charge on any atom is -0.309 e. The Morgan fingerprint density at radius 3 is 2.70 bits per heavy atom. The molecular weight excluding hydrogens is 270 g/mol. The van der Waals surface area contributed by atoms with Crippen molar-refractivity contribution in [3.8, 4) is 0 Å². The van der Waals surface area contributed by atoms with Gasteiger partial charge in [-0.25, -0.2) is 9.97 Å². The van der Waals surface area contributed by atoms with Gasteiger partial charge in [0.1, 0.15) is 11.3 Å². The zero-order valence-electron chi connectivity index (χ0n) is 12.7. The first kappa shape index (κ1) is 15.3. The summed E-state index contributed by atoms with van der Waals surface area (Å²) in [5.74, 6) is 1.37. The van der Waals surface area contributed by atoms with Crippen LogP contribution in [0.5, 0.6) is 0 Å². The molecule has 1 atom stereocenters. The Hall–Kier alpha value is -1.09. The summed E-state index contributed by atoms with van der Waals surface area (Å²) in [6.45, 7) is 6.50. The largest absolute Gasteiger partial charge is 0.309 e. The Morgan fingerprint density at radius 1 is 1.20 bits per heavy atom. The molecule has 2 aromatic rings. The molecule has 2 rings (SSSR count). The van der Waals surface area contributed by atoms with Gasteiger partial charge in [-0.1, -0.05) is 32.6 Å². The Kier molecular flexibility index (Phi) is 5.41. The Morgan fingerprint density at radius 2 is 2.00 bits per heavy atom. The van der Waals surface area contributed by atoms with E-state index in [0.29, 0.717) is 11.9 Å². The van der Waals surface area contributed by atoms with Crippen molar-refractivity contribution in [1.29, 1.82) is 0 Å². The lowest BCUT2D eigenvalue weighted by Crippen LogP contribution is -2.09. The molecule has 2 aromatic heterocycles. The molecule has 110 valence electrons. The van der Waals surface area contributed by atoms with Crippen LogP contribution in [0.1, 0.15) is 63.5 Å². The monoisotopic (exact) mass is 293 g/mol.